The molecule has 0 bridgehead atoms. The van der Waals surface area contributed by atoms with Gasteiger partial charge in [-0.2, -0.15) is 0 Å². The third kappa shape index (κ3) is 6.79. The summed E-state index contributed by atoms with van der Waals surface area (Å²) in [6, 6.07) is 96.8. The maximum Gasteiger partial charge on any atom is 0.0713 e. The summed E-state index contributed by atoms with van der Waals surface area (Å²) in [5.74, 6) is 0. The predicted octanol–water partition coefficient (Wildman–Crippen LogP) is 17.5. The SMILES string of the molecule is CN(c1ccc(-c2cc3ccccc3c3ccccc23)cc1)c1ccc(-c2cc3ccccc3c3ccccc23)cc1.c1ccc(C2(c3ccccc3)c3ccccc3-c3ccccc32)cc1. The molecule has 0 spiro atoms. The van der Waals surface area contributed by atoms with Crippen molar-refractivity contribution in [2.24, 2.45) is 0 Å². The Balaban J connectivity index is 0.000000159. The van der Waals surface area contributed by atoms with Crippen molar-refractivity contribution in [3.63, 3.8) is 0 Å². The second kappa shape index (κ2) is 16.8. The molecule has 0 unspecified atom stereocenters. The first-order valence-electron chi connectivity index (χ1n) is 23.2. The van der Waals surface area contributed by atoms with Crippen molar-refractivity contribution in [3.8, 4) is 33.4 Å². The van der Waals surface area contributed by atoms with Crippen molar-refractivity contribution in [1.29, 1.82) is 0 Å². The molecule has 1 nitrogen and oxygen atoms in total. The third-order valence-corrected chi connectivity index (χ3v) is 14.0. The fourth-order valence-electron chi connectivity index (χ4n) is 10.9. The van der Waals surface area contributed by atoms with Crippen molar-refractivity contribution in [2.75, 3.05) is 11.9 Å². The molecule has 0 amide bonds. The molecule has 0 saturated carbocycles. The minimum Gasteiger partial charge on any atom is -0.345 e. The fourth-order valence-corrected chi connectivity index (χ4v) is 10.9. The van der Waals surface area contributed by atoms with Crippen LogP contribution in [0.3, 0.4) is 0 Å². The first-order chi connectivity index (χ1) is 33.2. The topological polar surface area (TPSA) is 3.24 Å². The summed E-state index contributed by atoms with van der Waals surface area (Å²) in [7, 11) is 2.14. The fraction of sp³-hybridized carbons (Fsp3) is 0.0303. The van der Waals surface area contributed by atoms with E-state index in [9.17, 15) is 0 Å². The molecular weight excluding hydrogens is 807 g/mol. The largest absolute Gasteiger partial charge is 0.345 e. The number of nitrogens with zero attached hydrogens (tertiary/aromatic N) is 1. The van der Waals surface area contributed by atoms with Crippen molar-refractivity contribution < 1.29 is 0 Å². The maximum absolute atomic E-state index is 2.33. The zero-order chi connectivity index (χ0) is 44.7. The van der Waals surface area contributed by atoms with Crippen molar-refractivity contribution in [2.45, 2.75) is 5.41 Å². The van der Waals surface area contributed by atoms with Gasteiger partial charge in [-0.25, -0.2) is 0 Å². The monoisotopic (exact) mass is 853 g/mol. The van der Waals surface area contributed by atoms with E-state index in [1.54, 1.807) is 0 Å². The molecule has 0 heterocycles. The highest BCUT2D eigenvalue weighted by Crippen LogP contribution is 2.55. The van der Waals surface area contributed by atoms with Gasteiger partial charge in [-0.15, -0.1) is 0 Å². The number of hydrogen-bond donors (Lipinski definition) is 0. The Morgan fingerprint density at radius 3 is 1.01 bits per heavy atom. The molecule has 1 aliphatic carbocycles. The molecule has 0 aliphatic heterocycles. The molecule has 1 aliphatic rings. The predicted molar refractivity (Wildman–Crippen MR) is 286 cm³/mol. The summed E-state index contributed by atoms with van der Waals surface area (Å²) < 4.78 is 0. The van der Waals surface area contributed by atoms with Crippen LogP contribution in [0.5, 0.6) is 0 Å². The van der Waals surface area contributed by atoms with Gasteiger partial charge >= 0.3 is 0 Å². The quantitative estimate of drug-likeness (QED) is 0.151. The van der Waals surface area contributed by atoms with Crippen LogP contribution in [-0.2, 0) is 5.41 Å². The molecule has 12 aromatic rings. The molecule has 13 rings (SSSR count). The van der Waals surface area contributed by atoms with E-state index in [0.717, 1.165) is 11.4 Å². The lowest BCUT2D eigenvalue weighted by atomic mass is 9.68. The smallest absolute Gasteiger partial charge is 0.0713 e. The van der Waals surface area contributed by atoms with Gasteiger partial charge in [0.25, 0.3) is 0 Å². The second-order valence-electron chi connectivity index (χ2n) is 17.6. The third-order valence-electron chi connectivity index (χ3n) is 14.0. The molecule has 67 heavy (non-hydrogen) atoms. The van der Waals surface area contributed by atoms with Crippen LogP contribution in [0.2, 0.25) is 0 Å². The molecule has 1 heteroatoms. The molecule has 0 saturated heterocycles. The van der Waals surface area contributed by atoms with Gasteiger partial charge in [0.1, 0.15) is 0 Å². The van der Waals surface area contributed by atoms with Crippen molar-refractivity contribution in [3.05, 3.63) is 289 Å². The Labute approximate surface area is 392 Å². The zero-order valence-electron chi connectivity index (χ0n) is 37.4. The van der Waals surface area contributed by atoms with Gasteiger partial charge in [-0.1, -0.05) is 231 Å². The van der Waals surface area contributed by atoms with E-state index in [0.29, 0.717) is 0 Å². The minimum absolute atomic E-state index is 0.254. The number of anilines is 2. The average molecular weight is 854 g/mol. The van der Waals surface area contributed by atoms with E-state index >= 15 is 0 Å². The molecule has 0 N–H and O–H groups in total. The van der Waals surface area contributed by atoms with Gasteiger partial charge in [-0.05, 0) is 135 Å². The first kappa shape index (κ1) is 40.0. The summed E-state index contributed by atoms with van der Waals surface area (Å²) in [4.78, 5) is 2.25. The minimum atomic E-state index is -0.254. The lowest BCUT2D eigenvalue weighted by Crippen LogP contribution is -2.28. The lowest BCUT2D eigenvalue weighted by Gasteiger charge is -2.33. The van der Waals surface area contributed by atoms with Crippen LogP contribution in [0.25, 0.3) is 76.5 Å². The van der Waals surface area contributed by atoms with Gasteiger partial charge in [0.05, 0.1) is 5.41 Å². The highest BCUT2D eigenvalue weighted by atomic mass is 15.1. The van der Waals surface area contributed by atoms with E-state index in [1.165, 1.54) is 98.7 Å². The highest BCUT2D eigenvalue weighted by molar-refractivity contribution is 6.15. The Bertz CT molecular complexity index is 3490. The van der Waals surface area contributed by atoms with Gasteiger partial charge in [-0.3, -0.25) is 0 Å². The average Bonchev–Trinajstić information content (AvgIpc) is 3.72. The van der Waals surface area contributed by atoms with Crippen LogP contribution in [0.1, 0.15) is 22.3 Å². The van der Waals surface area contributed by atoms with Crippen LogP contribution < -0.4 is 4.90 Å². The van der Waals surface area contributed by atoms with Gasteiger partial charge in [0, 0.05) is 18.4 Å². The molecule has 0 fully saturated rings. The van der Waals surface area contributed by atoms with Gasteiger partial charge in [0.15, 0.2) is 0 Å². The summed E-state index contributed by atoms with van der Waals surface area (Å²) >= 11 is 0. The van der Waals surface area contributed by atoms with Crippen LogP contribution in [0.4, 0.5) is 11.4 Å². The summed E-state index contributed by atoms with van der Waals surface area (Å²) in [6.07, 6.45) is 0. The molecule has 0 atom stereocenters. The summed E-state index contributed by atoms with van der Waals surface area (Å²) in [5, 5.41) is 10.3. The summed E-state index contributed by atoms with van der Waals surface area (Å²) in [5.41, 5.74) is 15.1. The molecule has 12 aromatic carbocycles. The highest BCUT2D eigenvalue weighted by Gasteiger charge is 2.45. The number of fused-ring (bicyclic) bond motifs is 9. The van der Waals surface area contributed by atoms with E-state index < -0.39 is 0 Å². The first-order valence-corrected chi connectivity index (χ1v) is 23.2. The molecule has 0 aromatic heterocycles. The van der Waals surface area contributed by atoms with Crippen LogP contribution >= 0.6 is 0 Å². The zero-order valence-corrected chi connectivity index (χ0v) is 37.4. The normalized spacial score (nSPS) is 12.4. The Kier molecular flexibility index (Phi) is 10.0. The Morgan fingerprint density at radius 1 is 0.269 bits per heavy atom. The number of hydrogen-bond acceptors (Lipinski definition) is 1. The standard InChI is InChI=1S/C41H29N.C25H18/c1-42(32-22-18-28(19-23-32)40-26-30-10-2-4-12-34(30)36-14-6-8-16-38(36)40)33-24-20-29(21-25-33)41-27-31-11-3-5-13-35(31)37-15-7-9-17-39(37)41;1-3-11-19(12-4-1)25(20-13-5-2-6-14-20)23-17-9-7-15-21(23)22-16-8-10-18-24(22)25/h2-27H,1H3;1-18H. The van der Waals surface area contributed by atoms with Crippen LogP contribution in [0, 0.1) is 0 Å². The van der Waals surface area contributed by atoms with Crippen LogP contribution in [-0.4, -0.2) is 7.05 Å². The molecular formula is C66H47N. The van der Waals surface area contributed by atoms with E-state index in [4.69, 9.17) is 0 Å². The van der Waals surface area contributed by atoms with Gasteiger partial charge < -0.3 is 4.90 Å². The van der Waals surface area contributed by atoms with Crippen LogP contribution in [0.15, 0.2) is 267 Å². The Hall–Kier alpha value is -8.52. The van der Waals surface area contributed by atoms with Gasteiger partial charge in [0.2, 0.25) is 0 Å². The van der Waals surface area contributed by atoms with Crippen molar-refractivity contribution in [1.82, 2.24) is 0 Å². The molecule has 0 radical (unpaired) electrons. The maximum atomic E-state index is 2.33. The second-order valence-corrected chi connectivity index (χ2v) is 17.6. The van der Waals surface area contributed by atoms with E-state index in [1.807, 2.05) is 0 Å². The number of benzene rings is 12. The van der Waals surface area contributed by atoms with Crippen molar-refractivity contribution >= 4 is 54.5 Å². The lowest BCUT2D eigenvalue weighted by molar-refractivity contribution is 0.768. The Morgan fingerprint density at radius 2 is 0.597 bits per heavy atom. The van der Waals surface area contributed by atoms with E-state index in [2.05, 4.69) is 279 Å². The number of rotatable bonds is 6. The van der Waals surface area contributed by atoms with E-state index in [-0.39, 0.29) is 5.41 Å². The molecule has 316 valence electrons. The summed E-state index contributed by atoms with van der Waals surface area (Å²) in [6.45, 7) is 0.